The molecule has 0 heterocycles. The van der Waals surface area contributed by atoms with E-state index in [0.29, 0.717) is 12.1 Å². The first-order valence-electron chi connectivity index (χ1n) is 6.82. The van der Waals surface area contributed by atoms with Gasteiger partial charge < -0.3 is 10.0 Å². The molecule has 0 radical (unpaired) electrons. The molecule has 0 atom stereocenters. The molecule has 2 aromatic rings. The normalized spacial score (nSPS) is 10.4. The van der Waals surface area contributed by atoms with Crippen molar-refractivity contribution in [3.05, 3.63) is 53.6 Å². The Labute approximate surface area is 129 Å². The minimum absolute atomic E-state index is 0.0566. The van der Waals surface area contributed by atoms with E-state index in [1.54, 1.807) is 28.8 Å². The van der Waals surface area contributed by atoms with Crippen LogP contribution in [0.1, 0.15) is 22.8 Å². The Hall–Kier alpha value is -1.94. The van der Waals surface area contributed by atoms with Gasteiger partial charge in [-0.3, -0.25) is 4.79 Å². The molecule has 0 saturated heterocycles. The predicted octanol–water partition coefficient (Wildman–Crippen LogP) is 4.09. The fourth-order valence-corrected chi connectivity index (χ4v) is 2.61. The van der Waals surface area contributed by atoms with E-state index in [0.717, 1.165) is 16.1 Å². The molecule has 0 aliphatic rings. The van der Waals surface area contributed by atoms with E-state index in [4.69, 9.17) is 0 Å². The molecule has 0 spiro atoms. The molecule has 2 rings (SSSR count). The minimum atomic E-state index is -0.0566. The second kappa shape index (κ2) is 6.68. The van der Waals surface area contributed by atoms with Crippen molar-refractivity contribution in [2.24, 2.45) is 0 Å². The number of rotatable bonds is 4. The highest BCUT2D eigenvalue weighted by atomic mass is 32.2. The third-order valence-electron chi connectivity index (χ3n) is 3.38. The number of phenolic OH excluding ortho intramolecular Hbond substituents is 1. The SMILES string of the molecule is CCN(C(=O)c1ccc(SC)cc1)c1cc(O)ccc1C. The maximum Gasteiger partial charge on any atom is 0.258 e. The summed E-state index contributed by atoms with van der Waals surface area (Å²) in [6, 6.07) is 12.7. The average molecular weight is 301 g/mol. The van der Waals surface area contributed by atoms with Crippen LogP contribution >= 0.6 is 11.8 Å². The number of phenols is 1. The summed E-state index contributed by atoms with van der Waals surface area (Å²) in [4.78, 5) is 15.5. The molecular formula is C17H19NO2S. The van der Waals surface area contributed by atoms with E-state index >= 15 is 0 Å². The van der Waals surface area contributed by atoms with Gasteiger partial charge in [-0.25, -0.2) is 0 Å². The molecule has 3 nitrogen and oxygen atoms in total. The summed E-state index contributed by atoms with van der Waals surface area (Å²) < 4.78 is 0. The number of thioether (sulfide) groups is 1. The van der Waals surface area contributed by atoms with Crippen molar-refractivity contribution in [3.63, 3.8) is 0 Å². The van der Waals surface area contributed by atoms with Crippen LogP contribution in [0.3, 0.4) is 0 Å². The summed E-state index contributed by atoms with van der Waals surface area (Å²) in [5, 5.41) is 9.66. The standard InChI is InChI=1S/C17H19NO2S/c1-4-18(16-11-14(19)8-5-12(16)2)17(20)13-6-9-15(21-3)10-7-13/h5-11,19H,4H2,1-3H3. The zero-order chi connectivity index (χ0) is 15.4. The molecule has 0 unspecified atom stereocenters. The summed E-state index contributed by atoms with van der Waals surface area (Å²) in [6.07, 6.45) is 2.01. The number of carbonyl (C=O) groups excluding carboxylic acids is 1. The van der Waals surface area contributed by atoms with Gasteiger partial charge in [0, 0.05) is 23.1 Å². The lowest BCUT2D eigenvalue weighted by Gasteiger charge is -2.23. The quantitative estimate of drug-likeness (QED) is 0.865. The Morgan fingerprint density at radius 2 is 1.86 bits per heavy atom. The highest BCUT2D eigenvalue weighted by Gasteiger charge is 2.18. The van der Waals surface area contributed by atoms with Crippen LogP contribution in [0.5, 0.6) is 5.75 Å². The van der Waals surface area contributed by atoms with E-state index in [1.807, 2.05) is 50.4 Å². The monoisotopic (exact) mass is 301 g/mol. The van der Waals surface area contributed by atoms with Crippen molar-refractivity contribution in [1.29, 1.82) is 0 Å². The maximum atomic E-state index is 12.7. The van der Waals surface area contributed by atoms with Crippen LogP contribution in [0, 0.1) is 6.92 Å². The number of carbonyl (C=O) groups is 1. The Morgan fingerprint density at radius 3 is 2.43 bits per heavy atom. The second-order valence-corrected chi connectivity index (χ2v) is 5.63. The van der Waals surface area contributed by atoms with Crippen LogP contribution in [0.25, 0.3) is 0 Å². The van der Waals surface area contributed by atoms with Gasteiger partial charge in [-0.1, -0.05) is 6.07 Å². The molecule has 0 aliphatic carbocycles. The number of aryl methyl sites for hydroxylation is 1. The summed E-state index contributed by atoms with van der Waals surface area (Å²) in [6.45, 7) is 4.41. The number of nitrogens with zero attached hydrogens (tertiary/aromatic N) is 1. The molecule has 110 valence electrons. The molecule has 2 aromatic carbocycles. The van der Waals surface area contributed by atoms with Gasteiger partial charge in [0.1, 0.15) is 5.75 Å². The lowest BCUT2D eigenvalue weighted by Crippen LogP contribution is -2.31. The van der Waals surface area contributed by atoms with Gasteiger partial charge in [0.2, 0.25) is 0 Å². The molecule has 4 heteroatoms. The molecule has 0 saturated carbocycles. The molecule has 1 amide bonds. The van der Waals surface area contributed by atoms with Crippen molar-refractivity contribution < 1.29 is 9.90 Å². The van der Waals surface area contributed by atoms with Crippen molar-refractivity contribution in [1.82, 2.24) is 0 Å². The van der Waals surface area contributed by atoms with Gasteiger partial charge in [-0.15, -0.1) is 11.8 Å². The summed E-state index contributed by atoms with van der Waals surface area (Å²) in [5.41, 5.74) is 2.36. The van der Waals surface area contributed by atoms with E-state index in [9.17, 15) is 9.90 Å². The van der Waals surface area contributed by atoms with Gasteiger partial charge in [0.05, 0.1) is 5.69 Å². The minimum Gasteiger partial charge on any atom is -0.508 e. The third kappa shape index (κ3) is 3.39. The highest BCUT2D eigenvalue weighted by Crippen LogP contribution is 2.26. The van der Waals surface area contributed by atoms with E-state index < -0.39 is 0 Å². The van der Waals surface area contributed by atoms with Gasteiger partial charge in [0.25, 0.3) is 5.91 Å². The summed E-state index contributed by atoms with van der Waals surface area (Å²) in [7, 11) is 0. The first-order chi connectivity index (χ1) is 10.1. The first kappa shape index (κ1) is 15.4. The predicted molar refractivity (Wildman–Crippen MR) is 88.4 cm³/mol. The molecule has 0 aromatic heterocycles. The van der Waals surface area contributed by atoms with Crippen LogP contribution in [-0.2, 0) is 0 Å². The van der Waals surface area contributed by atoms with Crippen LogP contribution in [0.4, 0.5) is 5.69 Å². The Balaban J connectivity index is 2.35. The van der Waals surface area contributed by atoms with Gasteiger partial charge in [-0.05, 0) is 56.0 Å². The summed E-state index contributed by atoms with van der Waals surface area (Å²) >= 11 is 1.65. The highest BCUT2D eigenvalue weighted by molar-refractivity contribution is 7.98. The average Bonchev–Trinajstić information content (AvgIpc) is 2.51. The van der Waals surface area contributed by atoms with Crippen LogP contribution < -0.4 is 4.90 Å². The van der Waals surface area contributed by atoms with Crippen molar-refractivity contribution in [3.8, 4) is 5.75 Å². The number of aromatic hydroxyl groups is 1. The van der Waals surface area contributed by atoms with Gasteiger partial charge in [-0.2, -0.15) is 0 Å². The largest absolute Gasteiger partial charge is 0.508 e. The fraction of sp³-hybridized carbons (Fsp3) is 0.235. The number of hydrogen-bond acceptors (Lipinski definition) is 3. The first-order valence-corrected chi connectivity index (χ1v) is 8.04. The van der Waals surface area contributed by atoms with E-state index in [2.05, 4.69) is 0 Å². The van der Waals surface area contributed by atoms with E-state index in [-0.39, 0.29) is 11.7 Å². The number of hydrogen-bond donors (Lipinski definition) is 1. The van der Waals surface area contributed by atoms with Crippen LogP contribution in [0.2, 0.25) is 0 Å². The van der Waals surface area contributed by atoms with Gasteiger partial charge in [0.15, 0.2) is 0 Å². The van der Waals surface area contributed by atoms with Crippen LogP contribution in [0.15, 0.2) is 47.4 Å². The smallest absolute Gasteiger partial charge is 0.258 e. The zero-order valence-electron chi connectivity index (χ0n) is 12.5. The van der Waals surface area contributed by atoms with Crippen molar-refractivity contribution in [2.45, 2.75) is 18.7 Å². The van der Waals surface area contributed by atoms with Crippen LogP contribution in [-0.4, -0.2) is 23.8 Å². The Morgan fingerprint density at radius 1 is 1.19 bits per heavy atom. The molecule has 0 fully saturated rings. The topological polar surface area (TPSA) is 40.5 Å². The van der Waals surface area contributed by atoms with Gasteiger partial charge >= 0.3 is 0 Å². The summed E-state index contributed by atoms with van der Waals surface area (Å²) in [5.74, 6) is 0.110. The number of anilines is 1. The van der Waals surface area contributed by atoms with E-state index in [1.165, 1.54) is 0 Å². The fourth-order valence-electron chi connectivity index (χ4n) is 2.20. The third-order valence-corrected chi connectivity index (χ3v) is 4.13. The molecule has 21 heavy (non-hydrogen) atoms. The second-order valence-electron chi connectivity index (χ2n) is 4.75. The molecular weight excluding hydrogens is 282 g/mol. The molecule has 1 N–H and O–H groups in total. The molecule has 0 aliphatic heterocycles. The Kier molecular flexibility index (Phi) is 4.91. The maximum absolute atomic E-state index is 12.7. The van der Waals surface area contributed by atoms with Crippen molar-refractivity contribution in [2.75, 3.05) is 17.7 Å². The number of amides is 1. The lowest BCUT2D eigenvalue weighted by molar-refractivity contribution is 0.0988. The van der Waals surface area contributed by atoms with Crippen molar-refractivity contribution >= 4 is 23.4 Å². The zero-order valence-corrected chi connectivity index (χ0v) is 13.3. The molecule has 0 bridgehead atoms. The lowest BCUT2D eigenvalue weighted by atomic mass is 10.1. The number of benzene rings is 2. The Bertz CT molecular complexity index is 638.